The zero-order valence-electron chi connectivity index (χ0n) is 12.7. The van der Waals surface area contributed by atoms with Crippen LogP contribution in [0.4, 0.5) is 0 Å². The largest absolute Gasteiger partial charge is 0.383 e. The zero-order chi connectivity index (χ0) is 14.7. The molecule has 2 aliphatic rings. The van der Waals surface area contributed by atoms with Crippen LogP contribution in [0, 0.1) is 0 Å². The number of thiophene rings is 1. The van der Waals surface area contributed by atoms with Crippen LogP contribution < -0.4 is 0 Å². The van der Waals surface area contributed by atoms with Crippen LogP contribution in [0.25, 0.3) is 0 Å². The third-order valence-corrected chi connectivity index (χ3v) is 5.80. The van der Waals surface area contributed by atoms with E-state index < -0.39 is 0 Å². The van der Waals surface area contributed by atoms with Gasteiger partial charge in [0.15, 0.2) is 0 Å². The molecule has 116 valence electrons. The molecule has 4 nitrogen and oxygen atoms in total. The van der Waals surface area contributed by atoms with Crippen LogP contribution in [0.15, 0.2) is 17.5 Å². The molecular formula is C16H24N2O2S. The molecule has 1 aromatic rings. The van der Waals surface area contributed by atoms with E-state index in [4.69, 9.17) is 4.74 Å². The maximum atomic E-state index is 12.1. The minimum absolute atomic E-state index is 0.113. The summed E-state index contributed by atoms with van der Waals surface area (Å²) in [7, 11) is 1.71. The number of rotatable bonds is 5. The van der Waals surface area contributed by atoms with Gasteiger partial charge in [-0.25, -0.2) is 0 Å². The van der Waals surface area contributed by atoms with Crippen LogP contribution in [0.5, 0.6) is 0 Å². The lowest BCUT2D eigenvalue weighted by Crippen LogP contribution is -2.53. The molecule has 1 amide bonds. The highest BCUT2D eigenvalue weighted by Crippen LogP contribution is 2.39. The average Bonchev–Trinajstić information content (AvgIpc) is 3.10. The Hall–Kier alpha value is -0.910. The number of carbonyl (C=O) groups is 1. The van der Waals surface area contributed by atoms with Crippen molar-refractivity contribution in [2.24, 2.45) is 0 Å². The van der Waals surface area contributed by atoms with Gasteiger partial charge in [0.1, 0.15) is 0 Å². The predicted octanol–water partition coefficient (Wildman–Crippen LogP) is 2.35. The first-order valence-corrected chi connectivity index (χ1v) is 8.66. The summed E-state index contributed by atoms with van der Waals surface area (Å²) in [6.45, 7) is 4.63. The quantitative estimate of drug-likeness (QED) is 0.837. The fourth-order valence-electron chi connectivity index (χ4n) is 3.69. The van der Waals surface area contributed by atoms with Crippen molar-refractivity contribution in [3.8, 4) is 0 Å². The minimum atomic E-state index is 0.113. The molecule has 3 heterocycles. The maximum Gasteiger partial charge on any atom is 0.223 e. The highest BCUT2D eigenvalue weighted by atomic mass is 32.1. The molecule has 2 saturated heterocycles. The van der Waals surface area contributed by atoms with Gasteiger partial charge in [0.25, 0.3) is 0 Å². The molecule has 2 aliphatic heterocycles. The smallest absolute Gasteiger partial charge is 0.223 e. The van der Waals surface area contributed by atoms with Gasteiger partial charge in [-0.3, -0.25) is 9.69 Å². The van der Waals surface area contributed by atoms with Gasteiger partial charge in [-0.1, -0.05) is 6.07 Å². The highest BCUT2D eigenvalue weighted by Gasteiger charge is 2.46. The normalized spacial score (nSPS) is 22.3. The van der Waals surface area contributed by atoms with Crippen molar-refractivity contribution in [1.29, 1.82) is 0 Å². The van der Waals surface area contributed by atoms with Crippen molar-refractivity contribution in [3.63, 3.8) is 0 Å². The Morgan fingerprint density at radius 2 is 2.14 bits per heavy atom. The Bertz CT molecular complexity index is 467. The van der Waals surface area contributed by atoms with Gasteiger partial charge in [0.2, 0.25) is 5.91 Å². The summed E-state index contributed by atoms with van der Waals surface area (Å²) >= 11 is 1.83. The Morgan fingerprint density at radius 3 is 2.81 bits per heavy atom. The summed E-state index contributed by atoms with van der Waals surface area (Å²) in [5.74, 6) is 0.318. The fraction of sp³-hybridized carbons (Fsp3) is 0.688. The van der Waals surface area contributed by atoms with Gasteiger partial charge in [0, 0.05) is 50.1 Å². The van der Waals surface area contributed by atoms with Gasteiger partial charge < -0.3 is 9.64 Å². The number of methoxy groups -OCH3 is 1. The number of piperidine rings is 1. The summed E-state index contributed by atoms with van der Waals surface area (Å²) in [6, 6.07) is 4.33. The molecule has 21 heavy (non-hydrogen) atoms. The van der Waals surface area contributed by atoms with Gasteiger partial charge >= 0.3 is 0 Å². The zero-order valence-corrected chi connectivity index (χ0v) is 13.5. The lowest BCUT2D eigenvalue weighted by atomic mass is 9.85. The number of carbonyl (C=O) groups excluding carboxylic acids is 1. The molecule has 0 atom stereocenters. The summed E-state index contributed by atoms with van der Waals surface area (Å²) < 4.78 is 5.17. The van der Waals surface area contributed by atoms with Crippen molar-refractivity contribution < 1.29 is 9.53 Å². The third kappa shape index (κ3) is 3.15. The number of hydrogen-bond donors (Lipinski definition) is 0. The van der Waals surface area contributed by atoms with Crippen LogP contribution >= 0.6 is 11.3 Å². The van der Waals surface area contributed by atoms with Crippen LogP contribution in [0.1, 0.15) is 30.6 Å². The van der Waals surface area contributed by atoms with Crippen molar-refractivity contribution >= 4 is 17.2 Å². The first kappa shape index (κ1) is 15.0. The molecule has 1 aromatic heterocycles. The molecule has 1 spiro atoms. The number of likely N-dealkylation sites (tertiary alicyclic amines) is 2. The Kier molecular flexibility index (Phi) is 4.62. The van der Waals surface area contributed by atoms with Crippen molar-refractivity contribution in [2.45, 2.75) is 37.8 Å². The van der Waals surface area contributed by atoms with E-state index in [1.54, 1.807) is 7.11 Å². The Morgan fingerprint density at radius 1 is 1.33 bits per heavy atom. The lowest BCUT2D eigenvalue weighted by molar-refractivity contribution is -0.133. The lowest BCUT2D eigenvalue weighted by Gasteiger charge is -2.45. The second-order valence-corrected chi connectivity index (χ2v) is 7.15. The van der Waals surface area contributed by atoms with E-state index in [1.165, 1.54) is 4.88 Å². The van der Waals surface area contributed by atoms with Crippen molar-refractivity contribution in [3.05, 3.63) is 22.4 Å². The first-order chi connectivity index (χ1) is 10.2. The van der Waals surface area contributed by atoms with Gasteiger partial charge in [-0.05, 0) is 30.7 Å². The van der Waals surface area contributed by atoms with E-state index in [9.17, 15) is 4.79 Å². The minimum Gasteiger partial charge on any atom is -0.383 e. The van der Waals surface area contributed by atoms with E-state index in [0.717, 1.165) is 45.4 Å². The van der Waals surface area contributed by atoms with Crippen molar-refractivity contribution in [1.82, 2.24) is 9.80 Å². The predicted molar refractivity (Wildman–Crippen MR) is 84.4 cm³/mol. The van der Waals surface area contributed by atoms with E-state index in [1.807, 2.05) is 11.3 Å². The number of amides is 1. The van der Waals surface area contributed by atoms with E-state index >= 15 is 0 Å². The average molecular weight is 308 g/mol. The summed E-state index contributed by atoms with van der Waals surface area (Å²) in [4.78, 5) is 18.2. The van der Waals surface area contributed by atoms with Crippen LogP contribution in [-0.2, 0) is 16.1 Å². The van der Waals surface area contributed by atoms with Gasteiger partial charge in [-0.15, -0.1) is 11.3 Å². The van der Waals surface area contributed by atoms with Gasteiger partial charge in [0.05, 0.1) is 6.61 Å². The molecule has 0 aliphatic carbocycles. The molecule has 0 saturated carbocycles. The standard InChI is InChI=1S/C16H24N2O2S/c1-20-11-10-18-15(19)4-5-16(18)6-8-17(9-7-16)13-14-3-2-12-21-14/h2-3,12H,4-11,13H2,1H3. The highest BCUT2D eigenvalue weighted by molar-refractivity contribution is 7.09. The molecule has 0 N–H and O–H groups in total. The van der Waals surface area contributed by atoms with Crippen LogP contribution in [0.3, 0.4) is 0 Å². The molecule has 0 aromatic carbocycles. The summed E-state index contributed by atoms with van der Waals surface area (Å²) in [6.07, 6.45) is 3.96. The van der Waals surface area contributed by atoms with Gasteiger partial charge in [-0.2, -0.15) is 0 Å². The van der Waals surface area contributed by atoms with E-state index in [2.05, 4.69) is 27.3 Å². The van der Waals surface area contributed by atoms with Crippen molar-refractivity contribution in [2.75, 3.05) is 33.4 Å². The maximum absolute atomic E-state index is 12.1. The molecule has 3 rings (SSSR count). The fourth-order valence-corrected chi connectivity index (χ4v) is 4.43. The molecule has 0 unspecified atom stereocenters. The summed E-state index contributed by atoms with van der Waals surface area (Å²) in [5, 5.41) is 2.14. The Labute approximate surface area is 130 Å². The topological polar surface area (TPSA) is 32.8 Å². The van der Waals surface area contributed by atoms with E-state index in [0.29, 0.717) is 18.9 Å². The molecule has 0 bridgehead atoms. The second kappa shape index (κ2) is 6.46. The first-order valence-electron chi connectivity index (χ1n) is 7.78. The molecule has 5 heteroatoms. The number of ether oxygens (including phenoxy) is 1. The van der Waals surface area contributed by atoms with E-state index in [-0.39, 0.29) is 5.54 Å². The monoisotopic (exact) mass is 308 g/mol. The number of hydrogen-bond acceptors (Lipinski definition) is 4. The number of nitrogens with zero attached hydrogens (tertiary/aromatic N) is 2. The van der Waals surface area contributed by atoms with Crippen LogP contribution in [0.2, 0.25) is 0 Å². The Balaban J connectivity index is 1.59. The second-order valence-electron chi connectivity index (χ2n) is 6.12. The molecular weight excluding hydrogens is 284 g/mol. The SMILES string of the molecule is COCCN1C(=O)CCC12CCN(Cc1cccs1)CC2. The van der Waals surface area contributed by atoms with Crippen LogP contribution in [-0.4, -0.2) is 54.6 Å². The molecule has 2 fully saturated rings. The third-order valence-electron chi connectivity index (χ3n) is 4.94. The molecule has 0 radical (unpaired) electrons. The summed E-state index contributed by atoms with van der Waals surface area (Å²) in [5.41, 5.74) is 0.113.